The number of amides is 1. The van der Waals surface area contributed by atoms with E-state index in [0.29, 0.717) is 12.1 Å². The smallest absolute Gasteiger partial charge is 0.251 e. The number of carbonyl (C=O) groups excluding carboxylic acids is 1. The van der Waals surface area contributed by atoms with Gasteiger partial charge in [-0.25, -0.2) is 4.39 Å². The van der Waals surface area contributed by atoms with E-state index in [2.05, 4.69) is 10.4 Å². The Hall–Kier alpha value is -2.37. The van der Waals surface area contributed by atoms with E-state index in [1.807, 2.05) is 20.2 Å². The zero-order valence-electron chi connectivity index (χ0n) is 11.5. The Morgan fingerprint density at radius 1 is 1.50 bits per heavy atom. The number of hydrogen-bond acceptors (Lipinski definition) is 3. The molecule has 5 nitrogen and oxygen atoms in total. The first-order valence-electron chi connectivity index (χ1n) is 6.36. The molecule has 20 heavy (non-hydrogen) atoms. The van der Waals surface area contributed by atoms with Crippen LogP contribution in [0.4, 0.5) is 10.1 Å². The Labute approximate surface area is 116 Å². The van der Waals surface area contributed by atoms with Gasteiger partial charge in [-0.15, -0.1) is 0 Å². The van der Waals surface area contributed by atoms with E-state index >= 15 is 0 Å². The lowest BCUT2D eigenvalue weighted by molar-refractivity contribution is 0.0951. The fourth-order valence-corrected chi connectivity index (χ4v) is 1.99. The highest BCUT2D eigenvalue weighted by Crippen LogP contribution is 2.13. The molecule has 0 atom stereocenters. The maximum absolute atomic E-state index is 13.0. The van der Waals surface area contributed by atoms with Crippen LogP contribution in [-0.4, -0.2) is 15.7 Å². The molecule has 0 bridgehead atoms. The highest BCUT2D eigenvalue weighted by atomic mass is 19.1. The summed E-state index contributed by atoms with van der Waals surface area (Å²) >= 11 is 0. The van der Waals surface area contributed by atoms with Crippen LogP contribution < -0.4 is 11.1 Å². The van der Waals surface area contributed by atoms with Gasteiger partial charge in [0.25, 0.3) is 5.91 Å². The summed E-state index contributed by atoms with van der Waals surface area (Å²) in [4.78, 5) is 12.0. The van der Waals surface area contributed by atoms with Gasteiger partial charge in [-0.1, -0.05) is 6.92 Å². The van der Waals surface area contributed by atoms with Crippen LogP contribution >= 0.6 is 0 Å². The van der Waals surface area contributed by atoms with Gasteiger partial charge >= 0.3 is 0 Å². The molecule has 1 aromatic carbocycles. The van der Waals surface area contributed by atoms with E-state index in [0.717, 1.165) is 17.7 Å². The second kappa shape index (κ2) is 5.73. The Kier molecular flexibility index (Phi) is 4.02. The van der Waals surface area contributed by atoms with Crippen LogP contribution in [0.2, 0.25) is 0 Å². The average Bonchev–Trinajstić information content (AvgIpc) is 2.79. The summed E-state index contributed by atoms with van der Waals surface area (Å²) in [5.74, 6) is -0.815. The fraction of sp³-hybridized carbons (Fsp3) is 0.286. The third-order valence-corrected chi connectivity index (χ3v) is 3.02. The van der Waals surface area contributed by atoms with Gasteiger partial charge in [-0.2, -0.15) is 5.10 Å². The van der Waals surface area contributed by atoms with Crippen LogP contribution in [0.1, 0.15) is 28.5 Å². The monoisotopic (exact) mass is 276 g/mol. The van der Waals surface area contributed by atoms with Crippen LogP contribution in [0, 0.1) is 5.82 Å². The molecule has 1 aromatic heterocycles. The van der Waals surface area contributed by atoms with Crippen LogP contribution in [-0.2, 0) is 20.0 Å². The predicted octanol–water partition coefficient (Wildman–Crippen LogP) is 1.63. The fourth-order valence-electron chi connectivity index (χ4n) is 1.99. The highest BCUT2D eigenvalue weighted by molar-refractivity contribution is 5.94. The lowest BCUT2D eigenvalue weighted by Crippen LogP contribution is -2.23. The number of halogens is 1. The number of anilines is 1. The van der Waals surface area contributed by atoms with E-state index in [1.165, 1.54) is 18.2 Å². The van der Waals surface area contributed by atoms with Crippen LogP contribution in [0.3, 0.4) is 0 Å². The summed E-state index contributed by atoms with van der Waals surface area (Å²) in [6, 6.07) is 3.92. The van der Waals surface area contributed by atoms with Gasteiger partial charge in [0.15, 0.2) is 0 Å². The maximum Gasteiger partial charge on any atom is 0.251 e. The molecule has 0 spiro atoms. The second-order valence-electron chi connectivity index (χ2n) is 4.55. The van der Waals surface area contributed by atoms with Crippen LogP contribution in [0.5, 0.6) is 0 Å². The standard InChI is InChI=1S/C14H17FN4O/c1-3-13-10(8-19(2)18-13)7-17-14(20)9-4-5-11(15)12(16)6-9/h4-6,8H,3,7,16H2,1-2H3,(H,17,20). The zero-order chi connectivity index (χ0) is 14.7. The first kappa shape index (κ1) is 14.0. The van der Waals surface area contributed by atoms with E-state index in [9.17, 15) is 9.18 Å². The first-order valence-corrected chi connectivity index (χ1v) is 6.36. The number of carbonyl (C=O) groups is 1. The summed E-state index contributed by atoms with van der Waals surface area (Å²) in [7, 11) is 1.84. The molecule has 0 aliphatic heterocycles. The van der Waals surface area contributed by atoms with Gasteiger partial charge < -0.3 is 11.1 Å². The minimum absolute atomic E-state index is 0.0340. The molecule has 0 aliphatic rings. The van der Waals surface area contributed by atoms with Gasteiger partial charge in [-0.3, -0.25) is 9.48 Å². The number of hydrogen-bond donors (Lipinski definition) is 2. The predicted molar refractivity (Wildman–Crippen MR) is 74.6 cm³/mol. The lowest BCUT2D eigenvalue weighted by atomic mass is 10.1. The quantitative estimate of drug-likeness (QED) is 0.834. The number of benzene rings is 1. The minimum Gasteiger partial charge on any atom is -0.396 e. The van der Waals surface area contributed by atoms with Gasteiger partial charge in [0.05, 0.1) is 11.4 Å². The molecule has 2 rings (SSSR count). The van der Waals surface area contributed by atoms with Gasteiger partial charge in [0.2, 0.25) is 0 Å². The minimum atomic E-state index is -0.526. The molecular weight excluding hydrogens is 259 g/mol. The summed E-state index contributed by atoms with van der Waals surface area (Å²) in [6.07, 6.45) is 2.67. The number of nitrogens with one attached hydrogen (secondary N) is 1. The molecule has 0 fully saturated rings. The number of nitrogen functional groups attached to an aromatic ring is 1. The number of nitrogens with two attached hydrogens (primary N) is 1. The van der Waals surface area contributed by atoms with Crippen LogP contribution in [0.25, 0.3) is 0 Å². The van der Waals surface area contributed by atoms with E-state index in [1.54, 1.807) is 4.68 Å². The molecule has 0 aliphatic carbocycles. The summed E-state index contributed by atoms with van der Waals surface area (Å²) in [5, 5.41) is 7.08. The van der Waals surface area contributed by atoms with Crippen molar-refractivity contribution >= 4 is 11.6 Å². The van der Waals surface area contributed by atoms with Crippen LogP contribution in [0.15, 0.2) is 24.4 Å². The molecule has 0 radical (unpaired) electrons. The van der Waals surface area contributed by atoms with Gasteiger partial charge in [0, 0.05) is 30.9 Å². The van der Waals surface area contributed by atoms with Crippen molar-refractivity contribution in [2.75, 3.05) is 5.73 Å². The maximum atomic E-state index is 13.0. The summed E-state index contributed by atoms with van der Waals surface area (Å²) in [6.45, 7) is 2.39. The number of aromatic nitrogens is 2. The molecule has 1 heterocycles. The number of nitrogens with zero attached hydrogens (tertiary/aromatic N) is 2. The molecule has 0 saturated heterocycles. The molecule has 0 saturated carbocycles. The second-order valence-corrected chi connectivity index (χ2v) is 4.55. The zero-order valence-corrected chi connectivity index (χ0v) is 11.5. The van der Waals surface area contributed by atoms with Crippen molar-refractivity contribution in [1.29, 1.82) is 0 Å². The molecule has 0 unspecified atom stereocenters. The third-order valence-electron chi connectivity index (χ3n) is 3.02. The van der Waals surface area contributed by atoms with E-state index < -0.39 is 5.82 Å². The van der Waals surface area contributed by atoms with Gasteiger partial charge in [0.1, 0.15) is 5.82 Å². The molecular formula is C14H17FN4O. The Balaban J connectivity index is 2.06. The average molecular weight is 276 g/mol. The van der Waals surface area contributed by atoms with Crippen molar-refractivity contribution in [3.63, 3.8) is 0 Å². The molecule has 106 valence electrons. The Morgan fingerprint density at radius 3 is 2.90 bits per heavy atom. The van der Waals surface area contributed by atoms with Crippen molar-refractivity contribution in [2.24, 2.45) is 7.05 Å². The van der Waals surface area contributed by atoms with Crippen molar-refractivity contribution < 1.29 is 9.18 Å². The normalized spacial score (nSPS) is 10.6. The molecule has 3 N–H and O–H groups in total. The van der Waals surface area contributed by atoms with E-state index in [-0.39, 0.29) is 11.6 Å². The van der Waals surface area contributed by atoms with Crippen molar-refractivity contribution in [3.05, 3.63) is 47.0 Å². The molecule has 2 aromatic rings. The Morgan fingerprint density at radius 2 is 2.25 bits per heavy atom. The molecule has 1 amide bonds. The third kappa shape index (κ3) is 2.96. The highest BCUT2D eigenvalue weighted by Gasteiger charge is 2.10. The number of aryl methyl sites for hydroxylation is 2. The largest absolute Gasteiger partial charge is 0.396 e. The topological polar surface area (TPSA) is 72.9 Å². The van der Waals surface area contributed by atoms with Crippen molar-refractivity contribution in [3.8, 4) is 0 Å². The van der Waals surface area contributed by atoms with Crippen molar-refractivity contribution in [1.82, 2.24) is 15.1 Å². The summed E-state index contributed by atoms with van der Waals surface area (Å²) in [5.41, 5.74) is 7.67. The number of rotatable bonds is 4. The molecule has 6 heteroatoms. The first-order chi connectivity index (χ1) is 9.51. The Bertz CT molecular complexity index is 636. The summed E-state index contributed by atoms with van der Waals surface area (Å²) < 4.78 is 14.8. The SMILES string of the molecule is CCc1nn(C)cc1CNC(=O)c1ccc(F)c(N)c1. The lowest BCUT2D eigenvalue weighted by Gasteiger charge is -2.06. The van der Waals surface area contributed by atoms with Gasteiger partial charge in [-0.05, 0) is 24.6 Å². The van der Waals surface area contributed by atoms with E-state index in [4.69, 9.17) is 5.73 Å². The van der Waals surface area contributed by atoms with Crippen molar-refractivity contribution in [2.45, 2.75) is 19.9 Å².